The highest BCUT2D eigenvalue weighted by molar-refractivity contribution is 7.99. The van der Waals surface area contributed by atoms with E-state index >= 15 is 0 Å². The van der Waals surface area contributed by atoms with Crippen LogP contribution < -0.4 is 4.74 Å². The molecule has 0 amide bonds. The molecule has 0 bridgehead atoms. The number of ether oxygens (including phenoxy) is 1. The van der Waals surface area contributed by atoms with Crippen LogP contribution in [0.4, 0.5) is 22.0 Å². The van der Waals surface area contributed by atoms with E-state index in [0.29, 0.717) is 35.9 Å². The van der Waals surface area contributed by atoms with Crippen molar-refractivity contribution in [2.45, 2.75) is 95.6 Å². The fraction of sp³-hybridized carbons (Fsp3) is 0.629. The van der Waals surface area contributed by atoms with Gasteiger partial charge in [0.05, 0.1) is 6.61 Å². The number of Topliss-reactive ketones (excluding diaryl/α,β-unsaturated/α-hetero) is 1. The SMILES string of the molecule is C[C@@H]1C[C@H]2[C@@H]3CCc4cc(O)ccc4[C@H]3[C@@H](c3ccc(OCCCCCSCCCC(F)(F)C(F)(F)F)cc3)C[C@]2(C)C1=O. The smallest absolute Gasteiger partial charge is 0.453 e. The van der Waals surface area contributed by atoms with Crippen molar-refractivity contribution in [2.75, 3.05) is 18.1 Å². The monoisotopic (exact) mass is 638 g/mol. The molecule has 0 spiro atoms. The summed E-state index contributed by atoms with van der Waals surface area (Å²) < 4.78 is 68.6. The maximum Gasteiger partial charge on any atom is 0.453 e. The van der Waals surface area contributed by atoms with Gasteiger partial charge in [-0.05, 0) is 127 Å². The Kier molecular flexibility index (Phi) is 9.93. The van der Waals surface area contributed by atoms with Gasteiger partial charge in [-0.3, -0.25) is 4.79 Å². The van der Waals surface area contributed by atoms with E-state index in [2.05, 4.69) is 32.0 Å². The Morgan fingerprint density at radius 1 is 1.00 bits per heavy atom. The summed E-state index contributed by atoms with van der Waals surface area (Å²) in [5, 5.41) is 10.2. The molecule has 5 rings (SSSR count). The van der Waals surface area contributed by atoms with Gasteiger partial charge < -0.3 is 9.84 Å². The van der Waals surface area contributed by atoms with Crippen LogP contribution in [0.15, 0.2) is 42.5 Å². The molecular weight excluding hydrogens is 595 g/mol. The second-order valence-corrected chi connectivity index (χ2v) is 14.6. The number of rotatable bonds is 12. The summed E-state index contributed by atoms with van der Waals surface area (Å²) in [6.45, 7) is 4.82. The second kappa shape index (κ2) is 13.2. The van der Waals surface area contributed by atoms with Crippen molar-refractivity contribution in [1.29, 1.82) is 0 Å². The summed E-state index contributed by atoms with van der Waals surface area (Å²) in [5.74, 6) is -0.693. The van der Waals surface area contributed by atoms with Gasteiger partial charge in [-0.15, -0.1) is 0 Å². The number of carbonyl (C=O) groups excluding carboxylic acids is 1. The highest BCUT2D eigenvalue weighted by Crippen LogP contribution is 2.65. The number of ketones is 1. The van der Waals surface area contributed by atoms with E-state index in [-0.39, 0.29) is 29.4 Å². The number of hydrogen-bond donors (Lipinski definition) is 1. The fourth-order valence-corrected chi connectivity index (χ4v) is 9.22. The first-order chi connectivity index (χ1) is 20.8. The summed E-state index contributed by atoms with van der Waals surface area (Å²) in [6, 6.07) is 14.1. The molecule has 2 aromatic rings. The van der Waals surface area contributed by atoms with E-state index in [4.69, 9.17) is 4.74 Å². The summed E-state index contributed by atoms with van der Waals surface area (Å²) in [7, 11) is 0. The van der Waals surface area contributed by atoms with Gasteiger partial charge in [-0.1, -0.05) is 32.0 Å². The van der Waals surface area contributed by atoms with Gasteiger partial charge in [-0.25, -0.2) is 0 Å². The minimum atomic E-state index is -5.47. The van der Waals surface area contributed by atoms with Crippen LogP contribution in [-0.2, 0) is 11.2 Å². The molecule has 0 radical (unpaired) electrons. The molecule has 242 valence electrons. The second-order valence-electron chi connectivity index (χ2n) is 13.3. The normalized spacial score (nSPS) is 28.3. The lowest BCUT2D eigenvalue weighted by Crippen LogP contribution is -2.46. The van der Waals surface area contributed by atoms with E-state index < -0.39 is 18.5 Å². The number of hydrogen-bond acceptors (Lipinski definition) is 4. The third kappa shape index (κ3) is 6.78. The van der Waals surface area contributed by atoms with Crippen LogP contribution in [0.25, 0.3) is 0 Å². The van der Waals surface area contributed by atoms with E-state index in [1.54, 1.807) is 6.07 Å². The van der Waals surface area contributed by atoms with Gasteiger partial charge in [0.2, 0.25) is 0 Å². The topological polar surface area (TPSA) is 46.5 Å². The van der Waals surface area contributed by atoms with Gasteiger partial charge in [-0.2, -0.15) is 33.7 Å². The van der Waals surface area contributed by atoms with Crippen LogP contribution in [0, 0.1) is 23.2 Å². The van der Waals surface area contributed by atoms with Crippen LogP contribution in [0.3, 0.4) is 0 Å². The van der Waals surface area contributed by atoms with Crippen molar-refractivity contribution in [1.82, 2.24) is 0 Å². The summed E-state index contributed by atoms with van der Waals surface area (Å²) >= 11 is 1.41. The number of benzene rings is 2. The lowest BCUT2D eigenvalue weighted by atomic mass is 9.51. The standard InChI is InChI=1S/C35H43F5O3S/c1-22-19-30-28-13-9-24-20-25(41)10-14-27(24)31(28)29(21-33(30,2)32(22)42)23-7-11-26(12-8-23)43-16-4-3-5-17-44-18-6-15-34(36,37)35(38,39)40/h7-8,10-12,14,20,22,28-31,41H,3-6,9,13,15-19,21H2,1-2H3/t22-,28+,29-,30+,31-,33+/m1/s1. The zero-order valence-corrected chi connectivity index (χ0v) is 26.3. The molecular formula is C35H43F5O3S. The van der Waals surface area contributed by atoms with Crippen molar-refractivity contribution < 1.29 is 36.6 Å². The number of fused-ring (bicyclic) bond motifs is 5. The zero-order chi connectivity index (χ0) is 31.7. The van der Waals surface area contributed by atoms with Crippen molar-refractivity contribution in [3.8, 4) is 11.5 Å². The first-order valence-corrected chi connectivity index (χ1v) is 17.1. The van der Waals surface area contributed by atoms with Crippen molar-refractivity contribution in [3.05, 3.63) is 59.2 Å². The van der Waals surface area contributed by atoms with Crippen LogP contribution in [0.5, 0.6) is 11.5 Å². The Bertz CT molecular complexity index is 1300. The molecule has 1 N–H and O–H groups in total. The van der Waals surface area contributed by atoms with Gasteiger partial charge >= 0.3 is 12.1 Å². The highest BCUT2D eigenvalue weighted by atomic mass is 32.2. The third-order valence-corrected chi connectivity index (χ3v) is 11.6. The molecule has 3 aliphatic rings. The summed E-state index contributed by atoms with van der Waals surface area (Å²) in [6.07, 6.45) is -0.485. The van der Waals surface area contributed by atoms with Gasteiger partial charge in [0.15, 0.2) is 0 Å². The number of halogens is 5. The Morgan fingerprint density at radius 2 is 1.73 bits per heavy atom. The maximum absolute atomic E-state index is 13.5. The van der Waals surface area contributed by atoms with Crippen molar-refractivity contribution in [2.24, 2.45) is 23.2 Å². The number of phenols is 1. The fourth-order valence-electron chi connectivity index (χ4n) is 8.26. The predicted octanol–water partition coefficient (Wildman–Crippen LogP) is 9.72. The average Bonchev–Trinajstić information content (AvgIpc) is 3.21. The molecule has 0 aromatic heterocycles. The average molecular weight is 639 g/mol. The molecule has 9 heteroatoms. The quantitative estimate of drug-likeness (QED) is 0.186. The number of aromatic hydroxyl groups is 1. The molecule has 0 aliphatic heterocycles. The van der Waals surface area contributed by atoms with E-state index in [0.717, 1.165) is 56.4 Å². The maximum atomic E-state index is 13.5. The van der Waals surface area contributed by atoms with Gasteiger partial charge in [0.25, 0.3) is 0 Å². The van der Waals surface area contributed by atoms with Crippen molar-refractivity contribution in [3.63, 3.8) is 0 Å². The Morgan fingerprint density at radius 3 is 2.45 bits per heavy atom. The lowest BCUT2D eigenvalue weighted by Gasteiger charge is -2.52. The number of unbranched alkanes of at least 4 members (excludes halogenated alkanes) is 2. The lowest BCUT2D eigenvalue weighted by molar-refractivity contribution is -0.284. The Hall–Kier alpha value is -2.29. The Balaban J connectivity index is 1.13. The van der Waals surface area contributed by atoms with E-state index in [1.807, 2.05) is 18.2 Å². The molecule has 0 saturated heterocycles. The van der Waals surface area contributed by atoms with Crippen LogP contribution >= 0.6 is 11.8 Å². The molecule has 0 heterocycles. The molecule has 2 aromatic carbocycles. The van der Waals surface area contributed by atoms with Crippen LogP contribution in [0.2, 0.25) is 0 Å². The molecule has 3 aliphatic carbocycles. The molecule has 2 fully saturated rings. The summed E-state index contributed by atoms with van der Waals surface area (Å²) in [5.41, 5.74) is 3.43. The molecule has 6 atom stereocenters. The molecule has 0 unspecified atom stereocenters. The molecule has 3 nitrogen and oxygen atoms in total. The minimum absolute atomic E-state index is 0.0938. The Labute approximate surface area is 261 Å². The molecule has 44 heavy (non-hydrogen) atoms. The number of aryl methyl sites for hydroxylation is 1. The first kappa shape index (κ1) is 33.1. The van der Waals surface area contributed by atoms with Crippen molar-refractivity contribution >= 4 is 17.5 Å². The number of alkyl halides is 5. The molecule has 2 saturated carbocycles. The summed E-state index contributed by atoms with van der Waals surface area (Å²) in [4.78, 5) is 13.5. The number of phenolic OH excluding ortho intramolecular Hbond substituents is 1. The van der Waals surface area contributed by atoms with Crippen LogP contribution in [0.1, 0.15) is 93.7 Å². The van der Waals surface area contributed by atoms with E-state index in [1.165, 1.54) is 28.5 Å². The first-order valence-electron chi connectivity index (χ1n) is 15.9. The highest BCUT2D eigenvalue weighted by Gasteiger charge is 2.60. The van der Waals surface area contributed by atoms with Crippen LogP contribution in [-0.4, -0.2) is 41.1 Å². The minimum Gasteiger partial charge on any atom is -0.508 e. The number of thioether (sulfide) groups is 1. The predicted molar refractivity (Wildman–Crippen MR) is 164 cm³/mol. The van der Waals surface area contributed by atoms with E-state index in [9.17, 15) is 31.9 Å². The van der Waals surface area contributed by atoms with Gasteiger partial charge in [0, 0.05) is 17.8 Å². The zero-order valence-electron chi connectivity index (χ0n) is 25.5. The van der Waals surface area contributed by atoms with Gasteiger partial charge in [0.1, 0.15) is 17.3 Å². The largest absolute Gasteiger partial charge is 0.508 e. The number of carbonyl (C=O) groups is 1. The third-order valence-electron chi connectivity index (χ3n) is 10.4.